The summed E-state index contributed by atoms with van der Waals surface area (Å²) < 4.78 is 0. The third kappa shape index (κ3) is 3.77. The third-order valence-electron chi connectivity index (χ3n) is 2.99. The molecular weight excluding hydrogens is 402 g/mol. The number of nitro benzene ring substituents is 1. The summed E-state index contributed by atoms with van der Waals surface area (Å²) in [5.41, 5.74) is 1.38. The van der Waals surface area contributed by atoms with Gasteiger partial charge in [0.15, 0.2) is 5.78 Å². The summed E-state index contributed by atoms with van der Waals surface area (Å²) >= 11 is 6.91. The van der Waals surface area contributed by atoms with Crippen LogP contribution in [0, 0.1) is 10.1 Å². The molecule has 0 aromatic heterocycles. The van der Waals surface area contributed by atoms with Gasteiger partial charge in [-0.2, -0.15) is 0 Å². The molecule has 0 aliphatic carbocycles. The van der Waals surface area contributed by atoms with Crippen molar-refractivity contribution in [3.8, 4) is 0 Å². The summed E-state index contributed by atoms with van der Waals surface area (Å²) in [6.07, 6.45) is 0. The van der Waals surface area contributed by atoms with Crippen LogP contribution in [0.4, 0.5) is 5.69 Å². The molecule has 6 heteroatoms. The van der Waals surface area contributed by atoms with Crippen molar-refractivity contribution in [2.24, 2.45) is 0 Å². The fraction of sp³-hybridized carbons (Fsp3) is 0.133. The van der Waals surface area contributed by atoms with E-state index < -0.39 is 9.75 Å². The van der Waals surface area contributed by atoms with Crippen molar-refractivity contribution in [2.45, 2.75) is 9.65 Å². The molecule has 2 rings (SSSR count). The Morgan fingerprint density at radius 3 is 2.10 bits per heavy atom. The fourth-order valence-electron chi connectivity index (χ4n) is 1.85. The van der Waals surface area contributed by atoms with Gasteiger partial charge < -0.3 is 0 Å². The Balaban J connectivity index is 2.17. The normalized spacial score (nSPS) is 13.4. The standard InChI is InChI=1S/C15H11Br2NO3/c16-13(10-4-2-1-3-5-10)14(17)15(19)11-6-8-12(9-7-11)18(20)21/h1-9,13-14H/t13-,14?/m1/s1. The summed E-state index contributed by atoms with van der Waals surface area (Å²) in [4.78, 5) is 21.9. The summed E-state index contributed by atoms with van der Waals surface area (Å²) in [6.45, 7) is 0. The van der Waals surface area contributed by atoms with E-state index in [1.54, 1.807) is 0 Å². The first kappa shape index (κ1) is 15.9. The minimum Gasteiger partial charge on any atom is -0.293 e. The molecule has 4 nitrogen and oxygen atoms in total. The van der Waals surface area contributed by atoms with Gasteiger partial charge >= 0.3 is 0 Å². The Morgan fingerprint density at radius 1 is 1.00 bits per heavy atom. The van der Waals surface area contributed by atoms with Gasteiger partial charge in [0.05, 0.1) is 14.6 Å². The Hall–Kier alpha value is -1.53. The SMILES string of the molecule is O=C(c1ccc([N+](=O)[O-])cc1)C(Br)[C@H](Br)c1ccccc1. The Bertz CT molecular complexity index is 644. The van der Waals surface area contributed by atoms with E-state index >= 15 is 0 Å². The Kier molecular flexibility index (Phi) is 5.25. The highest BCUT2D eigenvalue weighted by molar-refractivity contribution is 9.12. The van der Waals surface area contributed by atoms with Gasteiger partial charge in [-0.1, -0.05) is 62.2 Å². The number of carbonyl (C=O) groups excluding carboxylic acids is 1. The van der Waals surface area contributed by atoms with Crippen LogP contribution in [0.3, 0.4) is 0 Å². The molecule has 0 fully saturated rings. The number of nitrogens with zero attached hydrogens (tertiary/aromatic N) is 1. The second-order valence-electron chi connectivity index (χ2n) is 4.38. The number of ketones is 1. The highest BCUT2D eigenvalue weighted by atomic mass is 79.9. The Labute approximate surface area is 138 Å². The van der Waals surface area contributed by atoms with Crippen LogP contribution in [0.15, 0.2) is 54.6 Å². The molecule has 0 spiro atoms. The molecule has 2 aromatic rings. The van der Waals surface area contributed by atoms with Crippen LogP contribution in [0.5, 0.6) is 0 Å². The second kappa shape index (κ2) is 6.95. The lowest BCUT2D eigenvalue weighted by atomic mass is 10.0. The predicted octanol–water partition coefficient (Wildman–Crippen LogP) is 4.68. The van der Waals surface area contributed by atoms with Crippen molar-refractivity contribution in [1.29, 1.82) is 0 Å². The zero-order valence-corrected chi connectivity index (χ0v) is 14.0. The summed E-state index contributed by atoms with van der Waals surface area (Å²) in [7, 11) is 0. The maximum Gasteiger partial charge on any atom is 0.269 e. The molecular formula is C15H11Br2NO3. The van der Waals surface area contributed by atoms with Crippen LogP contribution in [0.1, 0.15) is 20.7 Å². The van der Waals surface area contributed by atoms with E-state index in [2.05, 4.69) is 31.9 Å². The van der Waals surface area contributed by atoms with Crippen LogP contribution in [0.2, 0.25) is 0 Å². The van der Waals surface area contributed by atoms with Crippen LogP contribution >= 0.6 is 31.9 Å². The Morgan fingerprint density at radius 2 is 1.57 bits per heavy atom. The molecule has 0 aliphatic heterocycles. The molecule has 2 aromatic carbocycles. The number of rotatable bonds is 5. The lowest BCUT2D eigenvalue weighted by Gasteiger charge is -2.16. The van der Waals surface area contributed by atoms with Crippen molar-refractivity contribution >= 4 is 43.3 Å². The van der Waals surface area contributed by atoms with Crippen molar-refractivity contribution < 1.29 is 9.72 Å². The van der Waals surface area contributed by atoms with Crippen LogP contribution in [0.25, 0.3) is 0 Å². The summed E-state index contributed by atoms with van der Waals surface area (Å²) in [5.74, 6) is -0.129. The van der Waals surface area contributed by atoms with Crippen molar-refractivity contribution in [2.75, 3.05) is 0 Å². The van der Waals surface area contributed by atoms with Crippen molar-refractivity contribution in [3.63, 3.8) is 0 Å². The van der Waals surface area contributed by atoms with Crippen LogP contribution < -0.4 is 0 Å². The van der Waals surface area contributed by atoms with Gasteiger partial charge in [0, 0.05) is 17.7 Å². The number of halogens is 2. The third-order valence-corrected chi connectivity index (χ3v) is 5.70. The van der Waals surface area contributed by atoms with Crippen LogP contribution in [-0.2, 0) is 0 Å². The molecule has 21 heavy (non-hydrogen) atoms. The maximum absolute atomic E-state index is 12.4. The lowest BCUT2D eigenvalue weighted by Crippen LogP contribution is -2.19. The van der Waals surface area contributed by atoms with Gasteiger partial charge in [0.1, 0.15) is 0 Å². The van der Waals surface area contributed by atoms with Gasteiger partial charge in [0.2, 0.25) is 0 Å². The van der Waals surface area contributed by atoms with E-state index in [1.165, 1.54) is 24.3 Å². The number of benzene rings is 2. The molecule has 0 saturated carbocycles. The smallest absolute Gasteiger partial charge is 0.269 e. The predicted molar refractivity (Wildman–Crippen MR) is 88.3 cm³/mol. The number of alkyl halides is 2. The molecule has 0 aliphatic rings. The molecule has 0 heterocycles. The minimum atomic E-state index is -0.489. The quantitative estimate of drug-likeness (QED) is 0.310. The van der Waals surface area contributed by atoms with Gasteiger partial charge in [-0.15, -0.1) is 0 Å². The van der Waals surface area contributed by atoms with Crippen molar-refractivity contribution in [3.05, 3.63) is 75.8 Å². The number of carbonyl (C=O) groups is 1. The maximum atomic E-state index is 12.4. The van der Waals surface area contributed by atoms with Crippen LogP contribution in [-0.4, -0.2) is 15.5 Å². The molecule has 0 bridgehead atoms. The van der Waals surface area contributed by atoms with E-state index in [1.807, 2.05) is 30.3 Å². The zero-order valence-electron chi connectivity index (χ0n) is 10.8. The van der Waals surface area contributed by atoms with Gasteiger partial charge in [-0.05, 0) is 17.7 Å². The first-order valence-electron chi connectivity index (χ1n) is 6.12. The summed E-state index contributed by atoms with van der Waals surface area (Å²) in [5, 5.41) is 10.6. The van der Waals surface area contributed by atoms with Crippen molar-refractivity contribution in [1.82, 2.24) is 0 Å². The van der Waals surface area contributed by atoms with E-state index in [9.17, 15) is 14.9 Å². The minimum absolute atomic E-state index is 0.0314. The monoisotopic (exact) mass is 411 g/mol. The number of Topliss-reactive ketones (excluding diaryl/α,β-unsaturated/α-hetero) is 1. The number of nitro groups is 1. The molecule has 108 valence electrons. The molecule has 0 amide bonds. The van der Waals surface area contributed by atoms with E-state index in [-0.39, 0.29) is 16.3 Å². The largest absolute Gasteiger partial charge is 0.293 e. The second-order valence-corrected chi connectivity index (χ2v) is 6.36. The van der Waals surface area contributed by atoms with E-state index in [4.69, 9.17) is 0 Å². The molecule has 0 N–H and O–H groups in total. The first-order valence-corrected chi connectivity index (χ1v) is 7.95. The lowest BCUT2D eigenvalue weighted by molar-refractivity contribution is -0.384. The first-order chi connectivity index (χ1) is 10.0. The zero-order chi connectivity index (χ0) is 15.4. The number of hydrogen-bond donors (Lipinski definition) is 0. The summed E-state index contributed by atoms with van der Waals surface area (Å²) in [6, 6.07) is 15.2. The fourth-order valence-corrected chi connectivity index (χ4v) is 2.96. The number of non-ortho nitro benzene ring substituents is 1. The van der Waals surface area contributed by atoms with Gasteiger partial charge in [-0.25, -0.2) is 0 Å². The average Bonchev–Trinajstić information content (AvgIpc) is 2.53. The molecule has 1 unspecified atom stereocenters. The van der Waals surface area contributed by atoms with E-state index in [0.717, 1.165) is 5.56 Å². The highest BCUT2D eigenvalue weighted by Gasteiger charge is 2.26. The molecule has 0 saturated heterocycles. The van der Waals surface area contributed by atoms with E-state index in [0.29, 0.717) is 5.56 Å². The number of hydrogen-bond acceptors (Lipinski definition) is 3. The van der Waals surface area contributed by atoms with Gasteiger partial charge in [0.25, 0.3) is 5.69 Å². The molecule has 2 atom stereocenters. The molecule has 0 radical (unpaired) electrons. The average molecular weight is 413 g/mol. The topological polar surface area (TPSA) is 60.2 Å². The highest BCUT2D eigenvalue weighted by Crippen LogP contribution is 2.33. The van der Waals surface area contributed by atoms with Gasteiger partial charge in [-0.3, -0.25) is 14.9 Å².